The van der Waals surface area contributed by atoms with E-state index in [1.807, 2.05) is 0 Å². The number of likely N-dealkylation sites (tertiary alicyclic amines) is 1. The first kappa shape index (κ1) is 28.4. The summed E-state index contributed by atoms with van der Waals surface area (Å²) < 4.78 is 41.1. The van der Waals surface area contributed by atoms with Gasteiger partial charge >= 0.3 is 6.36 Å². The van der Waals surface area contributed by atoms with E-state index in [0.717, 1.165) is 25.9 Å². The second-order valence-electron chi connectivity index (χ2n) is 9.55. The van der Waals surface area contributed by atoms with Crippen molar-refractivity contribution in [3.8, 4) is 11.5 Å². The third-order valence-electron chi connectivity index (χ3n) is 6.73. The summed E-state index contributed by atoms with van der Waals surface area (Å²) in [4.78, 5) is 28.6. The van der Waals surface area contributed by atoms with Gasteiger partial charge in [-0.2, -0.15) is 0 Å². The van der Waals surface area contributed by atoms with E-state index in [0.29, 0.717) is 35.1 Å². The summed E-state index contributed by atoms with van der Waals surface area (Å²) in [6.45, 7) is 2.54. The molecule has 2 aromatic carbocycles. The average Bonchev–Trinajstić information content (AvgIpc) is 2.89. The van der Waals surface area contributed by atoms with Gasteiger partial charge in [-0.1, -0.05) is 18.2 Å². The number of aromatic nitrogens is 1. The summed E-state index contributed by atoms with van der Waals surface area (Å²) in [5.41, 5.74) is 1.07. The maximum absolute atomic E-state index is 12.4. The first-order valence-corrected chi connectivity index (χ1v) is 12.7. The smallest absolute Gasteiger partial charge is 0.506 e. The Hall–Kier alpha value is -3.61. The normalized spacial score (nSPS) is 15.8. The van der Waals surface area contributed by atoms with Crippen LogP contribution in [0.3, 0.4) is 0 Å². The number of ether oxygens (including phenoxy) is 1. The molecule has 1 fully saturated rings. The highest BCUT2D eigenvalue weighted by atomic mass is 19.4. The predicted molar refractivity (Wildman–Crippen MR) is 138 cm³/mol. The molecule has 0 radical (unpaired) electrons. The second kappa shape index (κ2) is 12.5. The molecule has 9 nitrogen and oxygen atoms in total. The minimum atomic E-state index is -4.77. The Morgan fingerprint density at radius 3 is 2.67 bits per heavy atom. The zero-order valence-corrected chi connectivity index (χ0v) is 21.1. The van der Waals surface area contributed by atoms with Crippen molar-refractivity contribution < 1.29 is 32.9 Å². The summed E-state index contributed by atoms with van der Waals surface area (Å²) >= 11 is 0. The summed E-state index contributed by atoms with van der Waals surface area (Å²) in [7, 11) is 0. The van der Waals surface area contributed by atoms with Gasteiger partial charge in [0.05, 0.1) is 11.6 Å². The fourth-order valence-corrected chi connectivity index (χ4v) is 4.70. The fourth-order valence-electron chi connectivity index (χ4n) is 4.70. The lowest BCUT2D eigenvalue weighted by atomic mass is 10.0. The highest BCUT2D eigenvalue weighted by Gasteiger charge is 2.31. The standard InChI is InChI=1S/C27H31F3N4O5/c28-27(29,30)39-19-3-1-2-17(14-19)15-32-24(37)10-13-34-11-8-18(9-12-34)31-16-23(36)20-4-6-22(35)26-21(20)5-7-25(38)33-26/h1-7,14,18,23,31,35-36H,8-13,15-16H2,(H,32,37)(H,33,38)/t23-/m1/s1. The van der Waals surface area contributed by atoms with Crippen LogP contribution < -0.4 is 20.9 Å². The minimum Gasteiger partial charge on any atom is -0.506 e. The molecule has 3 aromatic rings. The number of rotatable bonds is 10. The second-order valence-corrected chi connectivity index (χ2v) is 9.55. The van der Waals surface area contributed by atoms with E-state index < -0.39 is 12.5 Å². The predicted octanol–water partition coefficient (Wildman–Crippen LogP) is 2.93. The number of alkyl halides is 3. The number of benzene rings is 2. The number of hydrogen-bond donors (Lipinski definition) is 5. The van der Waals surface area contributed by atoms with Crippen molar-refractivity contribution in [2.45, 2.75) is 44.3 Å². The number of aromatic hydroxyl groups is 1. The lowest BCUT2D eigenvalue weighted by Gasteiger charge is -2.32. The van der Waals surface area contributed by atoms with Crippen molar-refractivity contribution in [1.29, 1.82) is 0 Å². The van der Waals surface area contributed by atoms with Gasteiger partial charge in [0.1, 0.15) is 11.5 Å². The van der Waals surface area contributed by atoms with Crippen LogP contribution in [0.15, 0.2) is 53.3 Å². The van der Waals surface area contributed by atoms with Gasteiger partial charge in [0.25, 0.3) is 0 Å². The molecule has 12 heteroatoms. The fraction of sp³-hybridized carbons (Fsp3) is 0.407. The summed E-state index contributed by atoms with van der Waals surface area (Å²) in [6.07, 6.45) is -3.66. The molecule has 1 amide bonds. The van der Waals surface area contributed by atoms with Crippen LogP contribution in [0.1, 0.15) is 36.5 Å². The summed E-state index contributed by atoms with van der Waals surface area (Å²) in [6, 6.07) is 11.7. The van der Waals surface area contributed by atoms with Crippen LogP contribution in [0.25, 0.3) is 10.9 Å². The molecule has 0 spiro atoms. The number of pyridine rings is 1. The Morgan fingerprint density at radius 2 is 1.92 bits per heavy atom. The highest BCUT2D eigenvalue weighted by molar-refractivity contribution is 5.87. The van der Waals surface area contributed by atoms with Crippen LogP contribution >= 0.6 is 0 Å². The van der Waals surface area contributed by atoms with Gasteiger partial charge in [-0.3, -0.25) is 9.59 Å². The van der Waals surface area contributed by atoms with Gasteiger partial charge in [-0.05, 0) is 61.3 Å². The van der Waals surface area contributed by atoms with Crippen molar-refractivity contribution in [2.75, 3.05) is 26.2 Å². The van der Waals surface area contributed by atoms with Crippen LogP contribution in [-0.4, -0.2) is 64.6 Å². The van der Waals surface area contributed by atoms with E-state index in [1.165, 1.54) is 30.3 Å². The number of fused-ring (bicyclic) bond motifs is 1. The molecule has 1 aromatic heterocycles. The zero-order chi connectivity index (χ0) is 28.0. The number of aliphatic hydroxyl groups excluding tert-OH is 1. The number of carbonyl (C=O) groups is 1. The Labute approximate surface area is 222 Å². The molecular weight excluding hydrogens is 517 g/mol. The maximum Gasteiger partial charge on any atom is 0.573 e. The van der Waals surface area contributed by atoms with Crippen molar-refractivity contribution in [2.24, 2.45) is 0 Å². The van der Waals surface area contributed by atoms with E-state index in [-0.39, 0.29) is 42.0 Å². The van der Waals surface area contributed by atoms with E-state index in [4.69, 9.17) is 0 Å². The Balaban J connectivity index is 1.17. The number of piperidine rings is 1. The number of phenols is 1. The van der Waals surface area contributed by atoms with Crippen LogP contribution in [0, 0.1) is 0 Å². The number of nitrogens with one attached hydrogen (secondary N) is 3. The zero-order valence-electron chi connectivity index (χ0n) is 21.1. The molecule has 0 aliphatic carbocycles. The van der Waals surface area contributed by atoms with Gasteiger partial charge < -0.3 is 35.5 Å². The largest absolute Gasteiger partial charge is 0.573 e. The van der Waals surface area contributed by atoms with Crippen molar-refractivity contribution in [1.82, 2.24) is 20.5 Å². The maximum atomic E-state index is 12.4. The number of aromatic amines is 1. The quantitative estimate of drug-likeness (QED) is 0.264. The number of carbonyl (C=O) groups excluding carboxylic acids is 1. The Bertz CT molecular complexity index is 1340. The molecule has 39 heavy (non-hydrogen) atoms. The highest BCUT2D eigenvalue weighted by Crippen LogP contribution is 2.29. The number of phenolic OH excluding ortho intramolecular Hbond substituents is 1. The molecule has 1 aliphatic heterocycles. The van der Waals surface area contributed by atoms with E-state index in [2.05, 4.69) is 25.3 Å². The third kappa shape index (κ3) is 8.19. The van der Waals surface area contributed by atoms with E-state index >= 15 is 0 Å². The minimum absolute atomic E-state index is 0.0580. The molecule has 2 heterocycles. The van der Waals surface area contributed by atoms with Gasteiger partial charge in [0.15, 0.2) is 0 Å². The van der Waals surface area contributed by atoms with Crippen LogP contribution in [0.4, 0.5) is 13.2 Å². The molecule has 4 rings (SSSR count). The van der Waals surface area contributed by atoms with Gasteiger partial charge in [-0.15, -0.1) is 13.2 Å². The molecular formula is C27H31F3N4O5. The number of amides is 1. The topological polar surface area (TPSA) is 127 Å². The van der Waals surface area contributed by atoms with Crippen LogP contribution in [0.2, 0.25) is 0 Å². The van der Waals surface area contributed by atoms with Crippen LogP contribution in [0.5, 0.6) is 11.5 Å². The lowest BCUT2D eigenvalue weighted by Crippen LogP contribution is -2.44. The Morgan fingerprint density at radius 1 is 1.15 bits per heavy atom. The Kier molecular flexibility index (Phi) is 9.10. The van der Waals surface area contributed by atoms with Crippen molar-refractivity contribution in [3.05, 3.63) is 70.0 Å². The van der Waals surface area contributed by atoms with E-state index in [9.17, 15) is 33.0 Å². The summed E-state index contributed by atoms with van der Waals surface area (Å²) in [5, 5.41) is 27.5. The molecule has 0 saturated carbocycles. The van der Waals surface area contributed by atoms with Crippen molar-refractivity contribution >= 4 is 16.8 Å². The third-order valence-corrected chi connectivity index (χ3v) is 6.73. The SMILES string of the molecule is O=C(CCN1CCC(NC[C@@H](O)c2ccc(O)c3[nH]c(=O)ccc23)CC1)NCc1cccc(OC(F)(F)F)c1. The van der Waals surface area contributed by atoms with Crippen LogP contribution in [-0.2, 0) is 11.3 Å². The molecule has 1 atom stereocenters. The first-order valence-electron chi connectivity index (χ1n) is 12.7. The lowest BCUT2D eigenvalue weighted by molar-refractivity contribution is -0.274. The monoisotopic (exact) mass is 548 g/mol. The average molecular weight is 549 g/mol. The first-order chi connectivity index (χ1) is 18.6. The van der Waals surface area contributed by atoms with Crippen molar-refractivity contribution in [3.63, 3.8) is 0 Å². The number of H-pyrrole nitrogens is 1. The molecule has 210 valence electrons. The van der Waals surface area contributed by atoms with Gasteiger partial charge in [0, 0.05) is 43.5 Å². The number of nitrogens with zero attached hydrogens (tertiary/aromatic N) is 1. The molecule has 5 N–H and O–H groups in total. The number of halogens is 3. The number of hydrogen-bond acceptors (Lipinski definition) is 7. The molecule has 1 aliphatic rings. The number of aliphatic hydroxyl groups is 1. The molecule has 0 bridgehead atoms. The van der Waals surface area contributed by atoms with E-state index in [1.54, 1.807) is 18.2 Å². The molecule has 0 unspecified atom stereocenters. The molecule has 1 saturated heterocycles. The van der Waals surface area contributed by atoms with Gasteiger partial charge in [-0.25, -0.2) is 0 Å². The van der Waals surface area contributed by atoms with Gasteiger partial charge in [0.2, 0.25) is 11.5 Å². The summed E-state index contributed by atoms with van der Waals surface area (Å²) in [5.74, 6) is -0.577.